The van der Waals surface area contributed by atoms with E-state index in [1.165, 1.54) is 11.8 Å². The molecule has 2 aromatic rings. The Kier molecular flexibility index (Phi) is 5.54. The van der Waals surface area contributed by atoms with Crippen molar-refractivity contribution < 1.29 is 4.79 Å². The van der Waals surface area contributed by atoms with Crippen molar-refractivity contribution in [2.45, 2.75) is 56.9 Å². The monoisotopic (exact) mass is 463 g/mol. The lowest BCUT2D eigenvalue weighted by molar-refractivity contribution is -0.118. The predicted molar refractivity (Wildman–Crippen MR) is 123 cm³/mol. The normalized spacial score (nSPS) is 20.1. The number of fused-ring (bicyclic) bond motifs is 1. The summed E-state index contributed by atoms with van der Waals surface area (Å²) in [6, 6.07) is 5.30. The molecule has 2 heterocycles. The third kappa shape index (κ3) is 3.81. The van der Waals surface area contributed by atoms with Gasteiger partial charge in [-0.3, -0.25) is 9.59 Å². The first-order valence-electron chi connectivity index (χ1n) is 9.85. The third-order valence-electron chi connectivity index (χ3n) is 5.34. The largest absolute Gasteiger partial charge is 0.343 e. The molecule has 0 spiro atoms. The molecule has 1 atom stereocenters. The highest BCUT2D eigenvalue weighted by molar-refractivity contribution is 7.99. The average Bonchev–Trinajstić information content (AvgIpc) is 2.60. The number of aromatic nitrogens is 2. The van der Waals surface area contributed by atoms with Gasteiger partial charge in [-0.2, -0.15) is 0 Å². The Morgan fingerprint density at radius 2 is 1.93 bits per heavy atom. The van der Waals surface area contributed by atoms with Crippen LogP contribution in [-0.4, -0.2) is 21.0 Å². The van der Waals surface area contributed by atoms with E-state index in [9.17, 15) is 9.59 Å². The van der Waals surface area contributed by atoms with Crippen LogP contribution < -0.4 is 10.9 Å². The summed E-state index contributed by atoms with van der Waals surface area (Å²) in [5.74, 6) is -0.118. The number of H-pyrrole nitrogens is 1. The lowest BCUT2D eigenvalue weighted by Crippen LogP contribution is -2.37. The maximum absolute atomic E-state index is 13.2. The van der Waals surface area contributed by atoms with Gasteiger partial charge in [-0.15, -0.1) is 0 Å². The summed E-state index contributed by atoms with van der Waals surface area (Å²) in [5.41, 5.74) is 1.98. The average molecular weight is 464 g/mol. The number of Topliss-reactive ketones (excluding diaryl/α,β-unsaturated/α-hetero) is 1. The Bertz CT molecular complexity index is 1140. The first-order chi connectivity index (χ1) is 14.1. The summed E-state index contributed by atoms with van der Waals surface area (Å²) >= 11 is 14.3. The van der Waals surface area contributed by atoms with Crippen molar-refractivity contribution in [3.63, 3.8) is 0 Å². The summed E-state index contributed by atoms with van der Waals surface area (Å²) in [6.07, 6.45) is 1.09. The molecule has 2 N–H and O–H groups in total. The second-order valence-electron chi connectivity index (χ2n) is 8.83. The predicted octanol–water partition coefficient (Wildman–Crippen LogP) is 5.78. The van der Waals surface area contributed by atoms with E-state index in [2.05, 4.69) is 29.1 Å². The lowest BCUT2D eigenvalue weighted by atomic mass is 9.69. The minimum Gasteiger partial charge on any atom is -0.343 e. The number of nitrogens with one attached hydrogen (secondary N) is 2. The summed E-state index contributed by atoms with van der Waals surface area (Å²) in [5, 5.41) is 4.85. The van der Waals surface area contributed by atoms with Gasteiger partial charge < -0.3 is 10.3 Å². The fourth-order valence-corrected chi connectivity index (χ4v) is 5.39. The van der Waals surface area contributed by atoms with Crippen LogP contribution in [0.25, 0.3) is 0 Å². The van der Waals surface area contributed by atoms with Crippen LogP contribution in [0.5, 0.6) is 0 Å². The van der Waals surface area contributed by atoms with E-state index in [1.807, 2.05) is 19.9 Å². The zero-order valence-electron chi connectivity index (χ0n) is 17.2. The molecule has 30 heavy (non-hydrogen) atoms. The van der Waals surface area contributed by atoms with Gasteiger partial charge in [0, 0.05) is 28.9 Å². The van der Waals surface area contributed by atoms with Gasteiger partial charge >= 0.3 is 0 Å². The van der Waals surface area contributed by atoms with E-state index in [0.29, 0.717) is 50.6 Å². The Labute approximate surface area is 189 Å². The number of thioether (sulfide) groups is 1. The molecule has 0 fully saturated rings. The molecule has 0 saturated carbocycles. The highest BCUT2D eigenvalue weighted by Crippen LogP contribution is 2.49. The molecule has 1 aliphatic heterocycles. The Balaban J connectivity index is 1.98. The van der Waals surface area contributed by atoms with E-state index in [0.717, 1.165) is 5.70 Å². The van der Waals surface area contributed by atoms with E-state index in [-0.39, 0.29) is 22.0 Å². The van der Waals surface area contributed by atoms with Gasteiger partial charge in [-0.25, -0.2) is 4.98 Å². The number of carbonyl (C=O) groups excluding carboxylic acids is 1. The fourth-order valence-electron chi connectivity index (χ4n) is 4.23. The van der Waals surface area contributed by atoms with Crippen molar-refractivity contribution in [2.24, 2.45) is 5.41 Å². The summed E-state index contributed by atoms with van der Waals surface area (Å²) in [7, 11) is 0. The van der Waals surface area contributed by atoms with Gasteiger partial charge in [0.25, 0.3) is 5.56 Å². The number of benzene rings is 1. The number of hydrogen-bond donors (Lipinski definition) is 2. The molecule has 0 radical (unpaired) electrons. The summed E-state index contributed by atoms with van der Waals surface area (Å²) in [6.45, 7) is 8.21. The van der Waals surface area contributed by atoms with E-state index < -0.39 is 5.92 Å². The molecule has 2 aliphatic rings. The molecule has 8 heteroatoms. The maximum Gasteiger partial charge on any atom is 0.257 e. The maximum atomic E-state index is 13.2. The van der Waals surface area contributed by atoms with Gasteiger partial charge in [0.2, 0.25) is 0 Å². The van der Waals surface area contributed by atoms with Crippen LogP contribution >= 0.6 is 35.0 Å². The molecule has 1 unspecified atom stereocenters. The van der Waals surface area contributed by atoms with Gasteiger partial charge in [-0.05, 0) is 23.5 Å². The highest BCUT2D eigenvalue weighted by atomic mass is 35.5. The van der Waals surface area contributed by atoms with Gasteiger partial charge in [0.05, 0.1) is 15.6 Å². The molecule has 4 rings (SSSR count). The minimum absolute atomic E-state index is 0.0143. The number of nitrogens with zero attached hydrogens (tertiary/aromatic N) is 1. The number of ketones is 1. The molecular weight excluding hydrogens is 441 g/mol. The fraction of sp³-hybridized carbons (Fsp3) is 0.409. The van der Waals surface area contributed by atoms with E-state index in [4.69, 9.17) is 23.2 Å². The van der Waals surface area contributed by atoms with Gasteiger partial charge in [0.15, 0.2) is 10.9 Å². The molecule has 0 bridgehead atoms. The van der Waals surface area contributed by atoms with Crippen LogP contribution in [0.1, 0.15) is 57.6 Å². The Hall–Kier alpha value is -1.76. The smallest absolute Gasteiger partial charge is 0.257 e. The van der Waals surface area contributed by atoms with Crippen molar-refractivity contribution >= 4 is 46.6 Å². The molecule has 0 amide bonds. The molecule has 1 aromatic carbocycles. The van der Waals surface area contributed by atoms with Gasteiger partial charge in [0.1, 0.15) is 5.82 Å². The van der Waals surface area contributed by atoms with Crippen LogP contribution in [0.3, 0.4) is 0 Å². The third-order valence-corrected chi connectivity index (χ3v) is 7.06. The quantitative estimate of drug-likeness (QED) is 0.445. The molecule has 0 saturated heterocycles. The van der Waals surface area contributed by atoms with Crippen LogP contribution in [0.2, 0.25) is 10.0 Å². The number of carbonyl (C=O) groups is 1. The van der Waals surface area contributed by atoms with Crippen molar-refractivity contribution in [3.8, 4) is 0 Å². The number of halogens is 2. The second-order valence-corrected chi connectivity index (χ2v) is 11.2. The Morgan fingerprint density at radius 1 is 1.20 bits per heavy atom. The van der Waals surface area contributed by atoms with Crippen LogP contribution in [-0.2, 0) is 4.79 Å². The number of aromatic amines is 1. The van der Waals surface area contributed by atoms with Crippen LogP contribution in [0.4, 0.5) is 5.82 Å². The van der Waals surface area contributed by atoms with Gasteiger partial charge in [-0.1, -0.05) is 74.8 Å². The zero-order chi connectivity index (χ0) is 21.8. The number of allylic oxidation sites excluding steroid dienone is 2. The molecular formula is C22H23Cl2N3O2S. The summed E-state index contributed by atoms with van der Waals surface area (Å²) < 4.78 is 0. The summed E-state index contributed by atoms with van der Waals surface area (Å²) in [4.78, 5) is 34.0. The molecule has 158 valence electrons. The highest BCUT2D eigenvalue weighted by Gasteiger charge is 2.43. The van der Waals surface area contributed by atoms with E-state index >= 15 is 0 Å². The minimum atomic E-state index is -0.611. The SMILES string of the molecule is CC(C)Sc1nc2c(c(=O)[nH]1)C(c1cccc(Cl)c1Cl)C1=C(CC(C)(C)CC1=O)N2. The first-order valence-corrected chi connectivity index (χ1v) is 11.5. The Morgan fingerprint density at radius 3 is 2.63 bits per heavy atom. The number of anilines is 1. The zero-order valence-corrected chi connectivity index (χ0v) is 19.6. The number of hydrogen-bond acceptors (Lipinski definition) is 5. The molecule has 1 aliphatic carbocycles. The van der Waals surface area contributed by atoms with Crippen molar-refractivity contribution in [2.75, 3.05) is 5.32 Å². The molecule has 5 nitrogen and oxygen atoms in total. The first kappa shape index (κ1) is 21.5. The molecule has 1 aromatic heterocycles. The van der Waals surface area contributed by atoms with Crippen LogP contribution in [0.15, 0.2) is 39.4 Å². The van der Waals surface area contributed by atoms with Crippen molar-refractivity contribution in [1.82, 2.24) is 9.97 Å². The van der Waals surface area contributed by atoms with Crippen molar-refractivity contribution in [3.05, 3.63) is 61.0 Å². The second kappa shape index (κ2) is 7.74. The lowest BCUT2D eigenvalue weighted by Gasteiger charge is -2.38. The standard InChI is InChI=1S/C22H23Cl2N3O2S/c1-10(2)30-21-26-19-17(20(29)27-21)15(11-6-5-7-12(23)18(11)24)16-13(25-19)8-22(3,4)9-14(16)28/h5-7,10,15H,8-9H2,1-4H3,(H2,25,26,27,29). The topological polar surface area (TPSA) is 74.8 Å². The van der Waals surface area contributed by atoms with E-state index in [1.54, 1.807) is 12.1 Å². The van der Waals surface area contributed by atoms with Crippen LogP contribution in [0, 0.1) is 5.41 Å². The van der Waals surface area contributed by atoms with Crippen molar-refractivity contribution in [1.29, 1.82) is 0 Å². The number of rotatable bonds is 3.